The summed E-state index contributed by atoms with van der Waals surface area (Å²) in [5, 5.41) is 13.0. The lowest BCUT2D eigenvalue weighted by Gasteiger charge is -2.23. The molecule has 328 valence electrons. The molecule has 0 heterocycles. The van der Waals surface area contributed by atoms with E-state index in [-0.39, 0.29) is 44.3 Å². The first kappa shape index (κ1) is 47.9. The summed E-state index contributed by atoms with van der Waals surface area (Å²) in [6.07, 6.45) is 4.45. The maximum atomic E-state index is 13.6. The quantitative estimate of drug-likeness (QED) is 0.0256. The number of amides is 5. The van der Waals surface area contributed by atoms with E-state index in [4.69, 9.17) is 41.9 Å². The van der Waals surface area contributed by atoms with Crippen LogP contribution in [0, 0.1) is 0 Å². The first-order chi connectivity index (χ1) is 29.3. The average molecular weight is 846 g/mol. The Hall–Kier alpha value is -7.51. The minimum atomic E-state index is -1.16. The molecule has 3 aromatic rings. The van der Waals surface area contributed by atoms with Crippen LogP contribution in [0.2, 0.25) is 0 Å². The Labute approximate surface area is 353 Å². The number of ether oxygens (including phenoxy) is 4. The third-order valence-corrected chi connectivity index (χ3v) is 8.70. The zero-order valence-electron chi connectivity index (χ0n) is 34.6. The number of guanidine groups is 2. The molecule has 0 fully saturated rings. The number of anilines is 1. The zero-order valence-corrected chi connectivity index (χ0v) is 34.6. The van der Waals surface area contributed by atoms with Crippen molar-refractivity contribution in [2.45, 2.75) is 37.8 Å². The summed E-state index contributed by atoms with van der Waals surface area (Å²) < 4.78 is 21.7. The molecule has 0 saturated heterocycles. The Morgan fingerprint density at radius 2 is 1.18 bits per heavy atom. The fraction of sp³-hybridized carbons (Fsp3) is 0.341. The maximum Gasteiger partial charge on any atom is 0.251 e. The number of rotatable bonds is 24. The molecule has 20 nitrogen and oxygen atoms in total. The van der Waals surface area contributed by atoms with E-state index in [1.807, 2.05) is 12.2 Å². The van der Waals surface area contributed by atoms with Gasteiger partial charge in [-0.3, -0.25) is 34.0 Å². The van der Waals surface area contributed by atoms with Crippen molar-refractivity contribution in [2.75, 3.05) is 59.9 Å². The Kier molecular flexibility index (Phi) is 19.7. The smallest absolute Gasteiger partial charge is 0.251 e. The summed E-state index contributed by atoms with van der Waals surface area (Å²) in [6.45, 7) is -0.617. The van der Waals surface area contributed by atoms with Gasteiger partial charge in [-0.25, -0.2) is 0 Å². The number of carbonyl (C=O) groups excluding carboxylic acids is 5. The number of methoxy groups -OCH3 is 4. The van der Waals surface area contributed by atoms with Crippen LogP contribution in [0.15, 0.2) is 70.6 Å². The standard InChI is InChI=1S/C41H55N11O9/c1-58-31-17-16-25(14-15-26-21-32(59-2)36(61-4)33(22-26)60-3)20-30(31)50-35(54)24-48-34(53)23-49-38(56)28(12-8-18-46-40(42)43)52-39(57)29(13-9-19-47-41(44)45)51-37(55)27-10-6-5-7-11-27/h5-7,10-11,14-17,20-22,28-29H,8-9,12-13,18-19,23-24H2,1-4H3,(H,48,53)(H,49,56)(H,50,54)(H,51,55)(H,52,57)(H4,42,43,46)(H4,44,45,47)/b15-14-/t28-,29-/m0/s1. The van der Waals surface area contributed by atoms with Crippen LogP contribution in [-0.4, -0.2) is 108 Å². The summed E-state index contributed by atoms with van der Waals surface area (Å²) >= 11 is 0. The fourth-order valence-corrected chi connectivity index (χ4v) is 5.69. The summed E-state index contributed by atoms with van der Waals surface area (Å²) in [4.78, 5) is 73.6. The van der Waals surface area contributed by atoms with Crippen molar-refractivity contribution >= 4 is 59.3 Å². The van der Waals surface area contributed by atoms with Gasteiger partial charge in [0.2, 0.25) is 29.4 Å². The van der Waals surface area contributed by atoms with Crippen molar-refractivity contribution in [1.82, 2.24) is 21.3 Å². The number of nitrogens with two attached hydrogens (primary N) is 4. The molecule has 0 aliphatic rings. The molecule has 3 aromatic carbocycles. The third kappa shape index (κ3) is 16.3. The molecule has 0 unspecified atom stereocenters. The van der Waals surface area contributed by atoms with Crippen LogP contribution in [0.4, 0.5) is 5.69 Å². The van der Waals surface area contributed by atoms with Gasteiger partial charge in [0.25, 0.3) is 5.91 Å². The molecule has 0 aromatic heterocycles. The van der Waals surface area contributed by atoms with Gasteiger partial charge < -0.3 is 68.5 Å². The van der Waals surface area contributed by atoms with Crippen LogP contribution >= 0.6 is 0 Å². The molecule has 2 atom stereocenters. The maximum absolute atomic E-state index is 13.6. The lowest BCUT2D eigenvalue weighted by molar-refractivity contribution is -0.131. The topological polar surface area (TPSA) is 311 Å². The van der Waals surface area contributed by atoms with E-state index in [9.17, 15) is 24.0 Å². The zero-order chi connectivity index (χ0) is 44.7. The summed E-state index contributed by atoms with van der Waals surface area (Å²) in [5.41, 5.74) is 23.9. The van der Waals surface area contributed by atoms with Crippen LogP contribution in [-0.2, 0) is 19.2 Å². The Morgan fingerprint density at radius 3 is 1.74 bits per heavy atom. The second-order valence-electron chi connectivity index (χ2n) is 13.1. The van der Waals surface area contributed by atoms with Gasteiger partial charge in [-0.05, 0) is 73.2 Å². The van der Waals surface area contributed by atoms with E-state index in [0.717, 1.165) is 5.56 Å². The third-order valence-electron chi connectivity index (χ3n) is 8.70. The molecule has 0 radical (unpaired) electrons. The molecule has 20 heteroatoms. The van der Waals surface area contributed by atoms with Crippen molar-refractivity contribution in [2.24, 2.45) is 32.9 Å². The van der Waals surface area contributed by atoms with Crippen LogP contribution in [0.3, 0.4) is 0 Å². The lowest BCUT2D eigenvalue weighted by Crippen LogP contribution is -2.54. The summed E-state index contributed by atoms with van der Waals surface area (Å²) in [5.74, 6) is -1.59. The SMILES string of the molecule is COc1ccc(/C=C\c2cc(OC)c(OC)c(OC)c2)cc1NC(=O)CNC(=O)CNC(=O)[C@H](CCCN=C(N)N)NC(=O)[C@H](CCCN=C(N)N)NC(=O)c1ccccc1. The Bertz CT molecular complexity index is 2030. The van der Waals surface area contributed by atoms with Crippen molar-refractivity contribution in [3.05, 3.63) is 77.4 Å². The van der Waals surface area contributed by atoms with Gasteiger partial charge in [0.1, 0.15) is 17.8 Å². The van der Waals surface area contributed by atoms with E-state index in [1.165, 1.54) is 28.4 Å². The molecule has 0 bridgehead atoms. The largest absolute Gasteiger partial charge is 0.495 e. The molecular formula is C41H55N11O9. The van der Waals surface area contributed by atoms with Gasteiger partial charge in [-0.15, -0.1) is 0 Å². The normalized spacial score (nSPS) is 11.5. The van der Waals surface area contributed by atoms with Crippen LogP contribution in [0.25, 0.3) is 12.2 Å². The van der Waals surface area contributed by atoms with Crippen LogP contribution < -0.4 is 68.5 Å². The van der Waals surface area contributed by atoms with Gasteiger partial charge in [0.05, 0.1) is 47.2 Å². The highest BCUT2D eigenvalue weighted by Crippen LogP contribution is 2.38. The van der Waals surface area contributed by atoms with E-state index in [0.29, 0.717) is 46.2 Å². The molecule has 0 spiro atoms. The minimum Gasteiger partial charge on any atom is -0.495 e. The Morgan fingerprint density at radius 1 is 0.623 bits per heavy atom. The predicted molar refractivity (Wildman–Crippen MR) is 232 cm³/mol. The van der Waals surface area contributed by atoms with Crippen LogP contribution in [0.5, 0.6) is 23.0 Å². The van der Waals surface area contributed by atoms with Crippen LogP contribution in [0.1, 0.15) is 47.2 Å². The highest BCUT2D eigenvalue weighted by Gasteiger charge is 2.27. The van der Waals surface area contributed by atoms with E-state index < -0.39 is 54.7 Å². The number of hydrogen-bond donors (Lipinski definition) is 9. The van der Waals surface area contributed by atoms with Gasteiger partial charge in [-0.2, -0.15) is 0 Å². The molecule has 61 heavy (non-hydrogen) atoms. The monoisotopic (exact) mass is 845 g/mol. The molecule has 0 saturated carbocycles. The molecular weight excluding hydrogens is 791 g/mol. The molecule has 0 aliphatic carbocycles. The first-order valence-corrected chi connectivity index (χ1v) is 19.1. The lowest BCUT2D eigenvalue weighted by atomic mass is 10.1. The van der Waals surface area contributed by atoms with Crippen molar-refractivity contribution in [3.8, 4) is 23.0 Å². The second kappa shape index (κ2) is 25.1. The van der Waals surface area contributed by atoms with Gasteiger partial charge in [-0.1, -0.05) is 36.4 Å². The molecule has 5 amide bonds. The van der Waals surface area contributed by atoms with Gasteiger partial charge in [0.15, 0.2) is 23.4 Å². The van der Waals surface area contributed by atoms with Crippen molar-refractivity contribution < 1.29 is 42.9 Å². The Balaban J connectivity index is 1.64. The average Bonchev–Trinajstić information content (AvgIpc) is 3.25. The summed E-state index contributed by atoms with van der Waals surface area (Å²) in [6, 6.07) is 14.8. The first-order valence-electron chi connectivity index (χ1n) is 19.1. The van der Waals surface area contributed by atoms with E-state index >= 15 is 0 Å². The second-order valence-corrected chi connectivity index (χ2v) is 13.1. The number of carbonyl (C=O) groups is 5. The highest BCUT2D eigenvalue weighted by atomic mass is 16.5. The highest BCUT2D eigenvalue weighted by molar-refractivity contribution is 5.99. The fourth-order valence-electron chi connectivity index (χ4n) is 5.69. The number of nitrogens with one attached hydrogen (secondary N) is 5. The van der Waals surface area contributed by atoms with E-state index in [2.05, 4.69) is 36.6 Å². The summed E-state index contributed by atoms with van der Waals surface area (Å²) in [7, 11) is 6.02. The van der Waals surface area contributed by atoms with Gasteiger partial charge in [0, 0.05) is 18.7 Å². The van der Waals surface area contributed by atoms with Crippen molar-refractivity contribution in [3.63, 3.8) is 0 Å². The molecule has 0 aliphatic heterocycles. The number of benzene rings is 3. The minimum absolute atomic E-state index is 0.0737. The molecule has 13 N–H and O–H groups in total. The molecule has 3 rings (SSSR count). The van der Waals surface area contributed by atoms with Crippen molar-refractivity contribution in [1.29, 1.82) is 0 Å². The van der Waals surface area contributed by atoms with Gasteiger partial charge >= 0.3 is 0 Å². The number of hydrogen-bond acceptors (Lipinski definition) is 11. The predicted octanol–water partition coefficient (Wildman–Crippen LogP) is 0.453. The number of aliphatic imine (C=N–C) groups is 2. The van der Waals surface area contributed by atoms with E-state index in [1.54, 1.807) is 60.7 Å². The number of nitrogens with zero attached hydrogens (tertiary/aromatic N) is 2.